The van der Waals surface area contributed by atoms with E-state index in [-0.39, 0.29) is 5.92 Å². The van der Waals surface area contributed by atoms with Gasteiger partial charge in [0.2, 0.25) is 0 Å². The van der Waals surface area contributed by atoms with Crippen LogP contribution in [0.1, 0.15) is 64.9 Å². The van der Waals surface area contributed by atoms with E-state index in [0.29, 0.717) is 11.7 Å². The first-order valence-electron chi connectivity index (χ1n) is 7.37. The molecule has 0 saturated heterocycles. The molecule has 0 bridgehead atoms. The molecule has 20 heavy (non-hydrogen) atoms. The monoisotopic (exact) mass is 284 g/mol. The van der Waals surface area contributed by atoms with Crippen molar-refractivity contribution in [3.63, 3.8) is 0 Å². The maximum Gasteiger partial charge on any atom is 0.170 e. The number of carbonyl (C=O) groups is 1. The highest BCUT2D eigenvalue weighted by molar-refractivity contribution is 7.10. The van der Waals surface area contributed by atoms with Crippen molar-refractivity contribution in [3.05, 3.63) is 57.3 Å². The van der Waals surface area contributed by atoms with Crippen molar-refractivity contribution in [1.29, 1.82) is 0 Å². The first kappa shape index (κ1) is 13.6. The Bertz CT molecular complexity index is 607. The lowest BCUT2D eigenvalue weighted by atomic mass is 9.82. The lowest BCUT2D eigenvalue weighted by Crippen LogP contribution is -2.17. The van der Waals surface area contributed by atoms with Gasteiger partial charge in [-0.2, -0.15) is 0 Å². The van der Waals surface area contributed by atoms with Crippen LogP contribution in [0.25, 0.3) is 0 Å². The third-order valence-electron chi connectivity index (χ3n) is 4.23. The van der Waals surface area contributed by atoms with Crippen LogP contribution in [0.3, 0.4) is 0 Å². The summed E-state index contributed by atoms with van der Waals surface area (Å²) in [5.41, 5.74) is 3.43. The van der Waals surface area contributed by atoms with Gasteiger partial charge in [0.15, 0.2) is 5.78 Å². The summed E-state index contributed by atoms with van der Waals surface area (Å²) < 4.78 is 0. The highest BCUT2D eigenvalue weighted by atomic mass is 32.1. The molecule has 0 fully saturated rings. The van der Waals surface area contributed by atoms with Crippen molar-refractivity contribution < 1.29 is 4.79 Å². The van der Waals surface area contributed by atoms with Gasteiger partial charge < -0.3 is 0 Å². The van der Waals surface area contributed by atoms with Crippen LogP contribution in [-0.2, 0) is 6.42 Å². The van der Waals surface area contributed by atoms with Gasteiger partial charge in [0.1, 0.15) is 0 Å². The zero-order valence-corrected chi connectivity index (χ0v) is 12.9. The molecule has 0 N–H and O–H groups in total. The zero-order valence-electron chi connectivity index (χ0n) is 12.1. The van der Waals surface area contributed by atoms with Crippen molar-refractivity contribution in [2.24, 2.45) is 0 Å². The Morgan fingerprint density at radius 1 is 1.20 bits per heavy atom. The first-order chi connectivity index (χ1) is 9.66. The number of hydrogen-bond donors (Lipinski definition) is 0. The highest BCUT2D eigenvalue weighted by Gasteiger charge is 2.27. The second kappa shape index (κ2) is 5.53. The van der Waals surface area contributed by atoms with Crippen LogP contribution in [0.5, 0.6) is 0 Å². The van der Waals surface area contributed by atoms with Gasteiger partial charge in [-0.15, -0.1) is 11.3 Å². The van der Waals surface area contributed by atoms with E-state index < -0.39 is 0 Å². The van der Waals surface area contributed by atoms with Gasteiger partial charge in [-0.1, -0.05) is 38.1 Å². The molecule has 0 radical (unpaired) electrons. The average Bonchev–Trinajstić information content (AvgIpc) is 2.95. The number of aryl methyl sites for hydroxylation is 1. The molecule has 1 unspecified atom stereocenters. The Morgan fingerprint density at radius 3 is 2.65 bits per heavy atom. The van der Waals surface area contributed by atoms with Gasteiger partial charge in [0, 0.05) is 16.4 Å². The highest BCUT2D eigenvalue weighted by Crippen LogP contribution is 2.37. The van der Waals surface area contributed by atoms with Crippen LogP contribution in [0.15, 0.2) is 35.7 Å². The molecule has 104 valence electrons. The van der Waals surface area contributed by atoms with Crippen molar-refractivity contribution >= 4 is 17.1 Å². The van der Waals surface area contributed by atoms with Crippen LogP contribution < -0.4 is 0 Å². The maximum absolute atomic E-state index is 12.7. The molecule has 2 heteroatoms. The van der Waals surface area contributed by atoms with Gasteiger partial charge in [0.05, 0.1) is 0 Å². The smallest absolute Gasteiger partial charge is 0.170 e. The second-order valence-electron chi connectivity index (χ2n) is 5.88. The molecule has 0 saturated carbocycles. The fourth-order valence-electron chi connectivity index (χ4n) is 2.99. The molecule has 0 spiro atoms. The van der Waals surface area contributed by atoms with E-state index in [1.165, 1.54) is 16.0 Å². The van der Waals surface area contributed by atoms with Gasteiger partial charge >= 0.3 is 0 Å². The average molecular weight is 284 g/mol. The summed E-state index contributed by atoms with van der Waals surface area (Å²) in [7, 11) is 0. The van der Waals surface area contributed by atoms with Gasteiger partial charge in [-0.05, 0) is 47.8 Å². The minimum atomic E-state index is 0.0786. The summed E-state index contributed by atoms with van der Waals surface area (Å²) in [5.74, 6) is 0.881. The molecule has 2 aromatic rings. The summed E-state index contributed by atoms with van der Waals surface area (Å²) in [6.07, 6.45) is 3.27. The van der Waals surface area contributed by atoms with Crippen molar-refractivity contribution in [2.75, 3.05) is 0 Å². The Hall–Kier alpha value is -1.41. The molecule has 1 aliphatic rings. The van der Waals surface area contributed by atoms with Crippen molar-refractivity contribution in [3.8, 4) is 0 Å². The zero-order chi connectivity index (χ0) is 14.1. The number of hydrogen-bond acceptors (Lipinski definition) is 2. The van der Waals surface area contributed by atoms with Crippen LogP contribution in [0, 0.1) is 0 Å². The number of carbonyl (C=O) groups excluding carboxylic acids is 1. The molecule has 3 rings (SSSR count). The summed E-state index contributed by atoms with van der Waals surface area (Å²) >= 11 is 1.80. The molecular formula is C18H20OS. The predicted molar refractivity (Wildman–Crippen MR) is 84.9 cm³/mol. The Balaban J connectivity index is 1.87. The van der Waals surface area contributed by atoms with E-state index in [4.69, 9.17) is 0 Å². The second-order valence-corrected chi connectivity index (χ2v) is 6.89. The lowest BCUT2D eigenvalue weighted by Gasteiger charge is -2.21. The van der Waals surface area contributed by atoms with E-state index in [0.717, 1.165) is 24.8 Å². The fourth-order valence-corrected chi connectivity index (χ4v) is 3.98. The maximum atomic E-state index is 12.7. The molecule has 1 nitrogen and oxygen atoms in total. The quantitative estimate of drug-likeness (QED) is 0.710. The van der Waals surface area contributed by atoms with Crippen molar-refractivity contribution in [1.82, 2.24) is 0 Å². The number of thiophene rings is 1. The predicted octanol–water partition coefficient (Wildman–Crippen LogP) is 5.17. The number of ketones is 1. The normalized spacial score (nSPS) is 18.1. The summed E-state index contributed by atoms with van der Waals surface area (Å²) in [6, 6.07) is 10.3. The van der Waals surface area contributed by atoms with Crippen LogP contribution in [0.2, 0.25) is 0 Å². The number of benzene rings is 1. The van der Waals surface area contributed by atoms with Gasteiger partial charge in [-0.3, -0.25) is 4.79 Å². The van der Waals surface area contributed by atoms with E-state index in [2.05, 4.69) is 37.4 Å². The molecule has 1 heterocycles. The Morgan fingerprint density at radius 2 is 1.95 bits per heavy atom. The number of rotatable bonds is 3. The van der Waals surface area contributed by atoms with E-state index >= 15 is 0 Å². The molecule has 1 aromatic heterocycles. The van der Waals surface area contributed by atoms with Crippen LogP contribution in [-0.4, -0.2) is 5.78 Å². The molecule has 0 aliphatic heterocycles. The topological polar surface area (TPSA) is 17.1 Å². The van der Waals surface area contributed by atoms with Gasteiger partial charge in [0.25, 0.3) is 0 Å². The molecule has 0 amide bonds. The Labute approximate surface area is 124 Å². The largest absolute Gasteiger partial charge is 0.293 e. The molecule has 1 atom stereocenters. The number of Topliss-reactive ketones (excluding diaryl/α,β-unsaturated/α-hetero) is 1. The van der Waals surface area contributed by atoms with E-state index in [9.17, 15) is 4.79 Å². The minimum Gasteiger partial charge on any atom is -0.293 e. The SMILES string of the molecule is CC(C)c1ccc(C(=O)C2CCCc3sccc32)cc1. The van der Waals surface area contributed by atoms with E-state index in [1.54, 1.807) is 11.3 Å². The van der Waals surface area contributed by atoms with Crippen LogP contribution >= 0.6 is 11.3 Å². The molecular weight excluding hydrogens is 264 g/mol. The molecule has 1 aliphatic carbocycles. The fraction of sp³-hybridized carbons (Fsp3) is 0.389. The lowest BCUT2D eigenvalue weighted by molar-refractivity contribution is 0.0951. The number of fused-ring (bicyclic) bond motifs is 1. The third kappa shape index (κ3) is 2.45. The summed E-state index contributed by atoms with van der Waals surface area (Å²) in [4.78, 5) is 14.2. The van der Waals surface area contributed by atoms with Crippen molar-refractivity contribution in [2.45, 2.75) is 44.9 Å². The summed E-state index contributed by atoms with van der Waals surface area (Å²) in [6.45, 7) is 4.35. The standard InChI is InChI=1S/C18H20OS/c1-12(2)13-6-8-14(9-7-13)18(19)16-4-3-5-17-15(16)10-11-20-17/h6-12,16H,3-5H2,1-2H3. The third-order valence-corrected chi connectivity index (χ3v) is 5.23. The van der Waals surface area contributed by atoms with Crippen LogP contribution in [0.4, 0.5) is 0 Å². The van der Waals surface area contributed by atoms with Gasteiger partial charge in [-0.25, -0.2) is 0 Å². The van der Waals surface area contributed by atoms with E-state index in [1.807, 2.05) is 12.1 Å². The summed E-state index contributed by atoms with van der Waals surface area (Å²) in [5, 5.41) is 2.12. The minimum absolute atomic E-state index is 0.0786. The molecule has 1 aromatic carbocycles. The first-order valence-corrected chi connectivity index (χ1v) is 8.25. The Kier molecular flexibility index (Phi) is 3.75.